The second-order valence-electron chi connectivity index (χ2n) is 5.96. The van der Waals surface area contributed by atoms with Crippen LogP contribution in [-0.2, 0) is 19.6 Å². The molecule has 0 spiro atoms. The lowest BCUT2D eigenvalue weighted by molar-refractivity contribution is -0.123. The van der Waals surface area contributed by atoms with Gasteiger partial charge in [-0.15, -0.1) is 0 Å². The molecule has 25 heavy (non-hydrogen) atoms. The maximum absolute atomic E-state index is 12.0. The van der Waals surface area contributed by atoms with Crippen LogP contribution in [0.4, 0.5) is 5.69 Å². The molecule has 0 aromatic heterocycles. The summed E-state index contributed by atoms with van der Waals surface area (Å²) in [5, 5.41) is 10.5. The average molecular weight is 370 g/mol. The minimum absolute atomic E-state index is 0.0150. The number of hydrogen-bond donors (Lipinski definition) is 3. The van der Waals surface area contributed by atoms with E-state index in [0.717, 1.165) is 0 Å². The first-order valence-corrected chi connectivity index (χ1v) is 9.61. The van der Waals surface area contributed by atoms with E-state index in [1.54, 1.807) is 0 Å². The van der Waals surface area contributed by atoms with E-state index in [2.05, 4.69) is 10.6 Å². The van der Waals surface area contributed by atoms with Crippen molar-refractivity contribution in [3.8, 4) is 0 Å². The number of likely N-dealkylation sites (N-methyl/N-ethyl adjacent to an activating group) is 1. The van der Waals surface area contributed by atoms with E-state index in [1.165, 1.54) is 24.3 Å². The predicted octanol–water partition coefficient (Wildman–Crippen LogP) is 0.509. The molecule has 0 heterocycles. The Hall–Kier alpha value is -1.97. The van der Waals surface area contributed by atoms with Crippen LogP contribution in [0.3, 0.4) is 0 Å². The minimum atomic E-state index is -3.75. The molecule has 0 saturated carbocycles. The summed E-state index contributed by atoms with van der Waals surface area (Å²) >= 11 is 0. The van der Waals surface area contributed by atoms with Gasteiger partial charge in [0, 0.05) is 24.7 Å². The van der Waals surface area contributed by atoms with Gasteiger partial charge in [-0.25, -0.2) is 13.6 Å². The van der Waals surface area contributed by atoms with E-state index in [1.807, 2.05) is 25.7 Å². The van der Waals surface area contributed by atoms with E-state index >= 15 is 0 Å². The fourth-order valence-corrected chi connectivity index (χ4v) is 2.65. The van der Waals surface area contributed by atoms with Crippen molar-refractivity contribution in [2.75, 3.05) is 25.0 Å². The topological polar surface area (TPSA) is 122 Å². The molecule has 0 aliphatic rings. The third kappa shape index (κ3) is 8.10. The highest BCUT2D eigenvalue weighted by molar-refractivity contribution is 7.89. The first-order valence-electron chi connectivity index (χ1n) is 8.06. The van der Waals surface area contributed by atoms with Gasteiger partial charge >= 0.3 is 0 Å². The SMILES string of the molecule is CCN(CCC(=O)Nc1ccc(S(N)(=O)=O)cc1)CC(=O)NC(C)C. The van der Waals surface area contributed by atoms with E-state index in [-0.39, 0.29) is 35.7 Å². The smallest absolute Gasteiger partial charge is 0.238 e. The van der Waals surface area contributed by atoms with Crippen LogP contribution in [-0.4, -0.2) is 50.8 Å². The zero-order valence-electron chi connectivity index (χ0n) is 14.8. The molecule has 0 fully saturated rings. The van der Waals surface area contributed by atoms with Crippen LogP contribution in [0, 0.1) is 0 Å². The number of amides is 2. The lowest BCUT2D eigenvalue weighted by atomic mass is 10.3. The molecule has 0 aliphatic heterocycles. The molecule has 0 atom stereocenters. The fraction of sp³-hybridized carbons (Fsp3) is 0.500. The first kappa shape index (κ1) is 21.1. The normalized spacial score (nSPS) is 11.6. The molecule has 0 unspecified atom stereocenters. The van der Waals surface area contributed by atoms with Gasteiger partial charge in [0.15, 0.2) is 0 Å². The predicted molar refractivity (Wildman–Crippen MR) is 96.5 cm³/mol. The van der Waals surface area contributed by atoms with Gasteiger partial charge in [0.05, 0.1) is 11.4 Å². The van der Waals surface area contributed by atoms with Crippen LogP contribution < -0.4 is 15.8 Å². The zero-order chi connectivity index (χ0) is 19.0. The largest absolute Gasteiger partial charge is 0.353 e. The number of carbonyl (C=O) groups excluding carboxylic acids is 2. The lowest BCUT2D eigenvalue weighted by Gasteiger charge is -2.20. The summed E-state index contributed by atoms with van der Waals surface area (Å²) in [4.78, 5) is 25.6. The highest BCUT2D eigenvalue weighted by Crippen LogP contribution is 2.13. The van der Waals surface area contributed by atoms with Crippen LogP contribution in [0.15, 0.2) is 29.2 Å². The molecule has 140 valence electrons. The molecule has 1 rings (SSSR count). The second-order valence-corrected chi connectivity index (χ2v) is 7.52. The third-order valence-corrected chi connectivity index (χ3v) is 4.32. The van der Waals surface area contributed by atoms with E-state index in [9.17, 15) is 18.0 Å². The number of primary sulfonamides is 1. The van der Waals surface area contributed by atoms with E-state index < -0.39 is 10.0 Å². The molecule has 1 aromatic rings. The van der Waals surface area contributed by atoms with Crippen molar-refractivity contribution in [1.82, 2.24) is 10.2 Å². The molecule has 0 aliphatic carbocycles. The molecule has 0 bridgehead atoms. The van der Waals surface area contributed by atoms with Crippen molar-refractivity contribution in [2.24, 2.45) is 5.14 Å². The summed E-state index contributed by atoms with van der Waals surface area (Å²) in [6.07, 6.45) is 0.222. The standard InChI is InChI=1S/C16H26N4O4S/c1-4-20(11-16(22)18-12(2)3)10-9-15(21)19-13-5-7-14(8-6-13)25(17,23)24/h5-8,12H,4,9-11H2,1-3H3,(H,18,22)(H,19,21)(H2,17,23,24). The van der Waals surface area contributed by atoms with Gasteiger partial charge in [0.25, 0.3) is 0 Å². The Morgan fingerprint density at radius 3 is 2.24 bits per heavy atom. The fourth-order valence-electron chi connectivity index (χ4n) is 2.13. The Bertz CT molecular complexity index is 687. The number of sulfonamides is 1. The summed E-state index contributed by atoms with van der Waals surface area (Å²) in [6.45, 7) is 7.05. The van der Waals surface area contributed by atoms with Crippen molar-refractivity contribution < 1.29 is 18.0 Å². The molecule has 0 saturated heterocycles. The number of hydrogen-bond acceptors (Lipinski definition) is 5. The number of anilines is 1. The molecule has 4 N–H and O–H groups in total. The van der Waals surface area contributed by atoms with Crippen molar-refractivity contribution in [3.05, 3.63) is 24.3 Å². The van der Waals surface area contributed by atoms with Gasteiger partial charge in [-0.05, 0) is 44.7 Å². The monoisotopic (exact) mass is 370 g/mol. The maximum Gasteiger partial charge on any atom is 0.238 e. The van der Waals surface area contributed by atoms with Gasteiger partial charge in [0.2, 0.25) is 21.8 Å². The van der Waals surface area contributed by atoms with Gasteiger partial charge in [-0.3, -0.25) is 14.5 Å². The summed E-state index contributed by atoms with van der Waals surface area (Å²) in [5.74, 6) is -0.290. The van der Waals surface area contributed by atoms with Crippen molar-refractivity contribution in [2.45, 2.75) is 38.1 Å². The number of nitrogens with one attached hydrogen (secondary N) is 2. The van der Waals surface area contributed by atoms with Crippen LogP contribution >= 0.6 is 0 Å². The lowest BCUT2D eigenvalue weighted by Crippen LogP contribution is -2.41. The van der Waals surface area contributed by atoms with Crippen LogP contribution in [0.1, 0.15) is 27.2 Å². The van der Waals surface area contributed by atoms with Crippen molar-refractivity contribution in [3.63, 3.8) is 0 Å². The number of nitrogens with two attached hydrogens (primary N) is 1. The van der Waals surface area contributed by atoms with E-state index in [4.69, 9.17) is 5.14 Å². The zero-order valence-corrected chi connectivity index (χ0v) is 15.6. The Kier molecular flexibility index (Phi) is 8.01. The molecule has 9 heteroatoms. The summed E-state index contributed by atoms with van der Waals surface area (Å²) < 4.78 is 22.4. The molecule has 1 aromatic carbocycles. The maximum atomic E-state index is 12.0. The molecule has 2 amide bonds. The molecule has 0 radical (unpaired) electrons. The van der Waals surface area contributed by atoms with Crippen LogP contribution in [0.2, 0.25) is 0 Å². The Morgan fingerprint density at radius 2 is 1.76 bits per heavy atom. The number of rotatable bonds is 9. The summed E-state index contributed by atoms with van der Waals surface area (Å²) in [6, 6.07) is 5.70. The van der Waals surface area contributed by atoms with Gasteiger partial charge in [0.1, 0.15) is 0 Å². The summed E-state index contributed by atoms with van der Waals surface area (Å²) in [5.41, 5.74) is 0.484. The van der Waals surface area contributed by atoms with Crippen LogP contribution in [0.25, 0.3) is 0 Å². The minimum Gasteiger partial charge on any atom is -0.353 e. The first-order chi connectivity index (χ1) is 11.6. The molecular weight excluding hydrogens is 344 g/mol. The van der Waals surface area contributed by atoms with Crippen molar-refractivity contribution >= 4 is 27.5 Å². The number of nitrogens with zero attached hydrogens (tertiary/aromatic N) is 1. The Morgan fingerprint density at radius 1 is 1.16 bits per heavy atom. The van der Waals surface area contributed by atoms with Crippen molar-refractivity contribution in [1.29, 1.82) is 0 Å². The number of benzene rings is 1. The van der Waals surface area contributed by atoms with Gasteiger partial charge in [-0.1, -0.05) is 6.92 Å². The highest BCUT2D eigenvalue weighted by atomic mass is 32.2. The average Bonchev–Trinajstić information content (AvgIpc) is 2.50. The second kappa shape index (κ2) is 9.50. The summed E-state index contributed by atoms with van der Waals surface area (Å²) in [7, 11) is -3.75. The van der Waals surface area contributed by atoms with Crippen LogP contribution in [0.5, 0.6) is 0 Å². The van der Waals surface area contributed by atoms with Gasteiger partial charge in [-0.2, -0.15) is 0 Å². The quantitative estimate of drug-likeness (QED) is 0.585. The third-order valence-electron chi connectivity index (χ3n) is 3.39. The Labute approximate surface area is 148 Å². The van der Waals surface area contributed by atoms with Gasteiger partial charge < -0.3 is 10.6 Å². The van der Waals surface area contributed by atoms with E-state index in [0.29, 0.717) is 18.8 Å². The highest BCUT2D eigenvalue weighted by Gasteiger charge is 2.12. The molecule has 8 nitrogen and oxygen atoms in total. The molecular formula is C16H26N4O4S. The number of carbonyl (C=O) groups is 2. The Balaban J connectivity index is 2.49.